The Morgan fingerprint density at radius 2 is 2.24 bits per heavy atom. The lowest BCUT2D eigenvalue weighted by Crippen LogP contribution is -1.90. The Labute approximate surface area is 99.4 Å². The van der Waals surface area contributed by atoms with E-state index in [0.717, 1.165) is 29.0 Å². The number of nitrogens with zero attached hydrogens (tertiary/aromatic N) is 1. The number of hydrogen-bond donors (Lipinski definition) is 1. The molecule has 17 heavy (non-hydrogen) atoms. The van der Waals surface area contributed by atoms with Gasteiger partial charge in [-0.05, 0) is 29.7 Å². The van der Waals surface area contributed by atoms with E-state index < -0.39 is 5.97 Å². The zero-order chi connectivity index (χ0) is 12.3. The number of carboxylic acids is 1. The molecule has 1 heterocycles. The lowest BCUT2D eigenvalue weighted by Gasteiger charge is -2.05. The van der Waals surface area contributed by atoms with Crippen molar-refractivity contribution < 1.29 is 9.90 Å². The van der Waals surface area contributed by atoms with Gasteiger partial charge in [0, 0.05) is 17.7 Å². The number of aliphatic carboxylic acids is 1. The number of pyridine rings is 1. The van der Waals surface area contributed by atoms with Crippen molar-refractivity contribution in [3.8, 4) is 0 Å². The maximum Gasteiger partial charge on any atom is 0.328 e. The van der Waals surface area contributed by atoms with Crippen LogP contribution in [0.25, 0.3) is 17.0 Å². The SMILES string of the molecule is CCc1cccc2c(/C=C/C(=O)O)ccnc12. The standard InChI is InChI=1S/C14H13NO2/c1-2-10-4-3-5-12-11(6-7-13(16)17)8-9-15-14(10)12/h3-9H,2H2,1H3,(H,16,17)/b7-6+. The monoisotopic (exact) mass is 227 g/mol. The summed E-state index contributed by atoms with van der Waals surface area (Å²) < 4.78 is 0. The van der Waals surface area contributed by atoms with E-state index >= 15 is 0 Å². The van der Waals surface area contributed by atoms with Crippen LogP contribution in [0.1, 0.15) is 18.1 Å². The fourth-order valence-corrected chi connectivity index (χ4v) is 1.85. The van der Waals surface area contributed by atoms with Crippen molar-refractivity contribution in [2.45, 2.75) is 13.3 Å². The van der Waals surface area contributed by atoms with Gasteiger partial charge in [0.15, 0.2) is 0 Å². The van der Waals surface area contributed by atoms with E-state index in [1.807, 2.05) is 24.3 Å². The summed E-state index contributed by atoms with van der Waals surface area (Å²) >= 11 is 0. The average Bonchev–Trinajstić information content (AvgIpc) is 2.35. The molecule has 0 aliphatic carbocycles. The predicted molar refractivity (Wildman–Crippen MR) is 67.8 cm³/mol. The van der Waals surface area contributed by atoms with E-state index in [0.29, 0.717) is 0 Å². The minimum Gasteiger partial charge on any atom is -0.478 e. The van der Waals surface area contributed by atoms with Crippen molar-refractivity contribution in [1.82, 2.24) is 4.98 Å². The molecular formula is C14H13NO2. The highest BCUT2D eigenvalue weighted by molar-refractivity contribution is 5.93. The molecule has 0 saturated heterocycles. The average molecular weight is 227 g/mol. The van der Waals surface area contributed by atoms with Gasteiger partial charge in [-0.1, -0.05) is 25.1 Å². The maximum absolute atomic E-state index is 10.5. The van der Waals surface area contributed by atoms with Gasteiger partial charge in [0.1, 0.15) is 0 Å². The molecular weight excluding hydrogens is 214 g/mol. The molecule has 0 amide bonds. The molecule has 2 rings (SSSR count). The van der Waals surface area contributed by atoms with Crippen molar-refractivity contribution in [1.29, 1.82) is 0 Å². The molecule has 0 aliphatic rings. The van der Waals surface area contributed by atoms with Crippen molar-refractivity contribution in [2.75, 3.05) is 0 Å². The first-order valence-electron chi connectivity index (χ1n) is 5.50. The molecule has 0 bridgehead atoms. The van der Waals surface area contributed by atoms with E-state index in [1.54, 1.807) is 12.3 Å². The van der Waals surface area contributed by atoms with E-state index in [-0.39, 0.29) is 0 Å². The summed E-state index contributed by atoms with van der Waals surface area (Å²) in [7, 11) is 0. The van der Waals surface area contributed by atoms with E-state index in [2.05, 4.69) is 11.9 Å². The van der Waals surface area contributed by atoms with Crippen LogP contribution in [0, 0.1) is 0 Å². The topological polar surface area (TPSA) is 50.2 Å². The minimum absolute atomic E-state index is 0.882. The third-order valence-electron chi connectivity index (χ3n) is 2.67. The largest absolute Gasteiger partial charge is 0.478 e. The Morgan fingerprint density at radius 1 is 1.41 bits per heavy atom. The van der Waals surface area contributed by atoms with E-state index in [9.17, 15) is 4.79 Å². The Morgan fingerprint density at radius 3 is 2.94 bits per heavy atom. The van der Waals surface area contributed by atoms with Crippen molar-refractivity contribution in [3.63, 3.8) is 0 Å². The normalized spacial score (nSPS) is 11.1. The summed E-state index contributed by atoms with van der Waals surface area (Å²) in [5, 5.41) is 9.64. The number of rotatable bonds is 3. The van der Waals surface area contributed by atoms with Crippen molar-refractivity contribution >= 4 is 22.9 Å². The summed E-state index contributed by atoms with van der Waals surface area (Å²) in [6, 6.07) is 7.80. The number of hydrogen-bond acceptors (Lipinski definition) is 2. The van der Waals surface area contributed by atoms with Gasteiger partial charge in [0.25, 0.3) is 0 Å². The molecule has 0 aliphatic heterocycles. The molecule has 3 nitrogen and oxygen atoms in total. The first kappa shape index (κ1) is 11.3. The zero-order valence-corrected chi connectivity index (χ0v) is 9.55. The van der Waals surface area contributed by atoms with E-state index in [1.165, 1.54) is 5.56 Å². The summed E-state index contributed by atoms with van der Waals surface area (Å²) in [6.45, 7) is 2.08. The molecule has 0 radical (unpaired) electrons. The quantitative estimate of drug-likeness (QED) is 0.820. The van der Waals surface area contributed by atoms with Crippen LogP contribution in [0.15, 0.2) is 36.5 Å². The number of aryl methyl sites for hydroxylation is 1. The summed E-state index contributed by atoms with van der Waals surface area (Å²) in [5.74, 6) is -0.943. The van der Waals surface area contributed by atoms with E-state index in [4.69, 9.17) is 5.11 Å². The highest BCUT2D eigenvalue weighted by Crippen LogP contribution is 2.21. The van der Waals surface area contributed by atoms with Crippen LogP contribution < -0.4 is 0 Å². The van der Waals surface area contributed by atoms with Crippen molar-refractivity contribution in [3.05, 3.63) is 47.7 Å². The molecule has 0 saturated carbocycles. The third kappa shape index (κ3) is 2.33. The summed E-state index contributed by atoms with van der Waals surface area (Å²) in [6.07, 6.45) is 5.37. The molecule has 0 spiro atoms. The van der Waals surface area contributed by atoms with Gasteiger partial charge >= 0.3 is 5.97 Å². The first-order valence-corrected chi connectivity index (χ1v) is 5.50. The van der Waals surface area contributed by atoms with Crippen LogP contribution >= 0.6 is 0 Å². The Kier molecular flexibility index (Phi) is 3.19. The minimum atomic E-state index is -0.943. The molecule has 3 heteroatoms. The zero-order valence-electron chi connectivity index (χ0n) is 9.55. The number of carbonyl (C=O) groups is 1. The Hall–Kier alpha value is -2.16. The molecule has 86 valence electrons. The van der Waals surface area contributed by atoms with Crippen LogP contribution in [-0.4, -0.2) is 16.1 Å². The number of aromatic nitrogens is 1. The number of fused-ring (bicyclic) bond motifs is 1. The second-order valence-electron chi connectivity index (χ2n) is 3.74. The second-order valence-corrected chi connectivity index (χ2v) is 3.74. The molecule has 0 fully saturated rings. The van der Waals surface area contributed by atoms with Gasteiger partial charge in [-0.2, -0.15) is 0 Å². The van der Waals surface area contributed by atoms with Gasteiger partial charge in [0.2, 0.25) is 0 Å². The fourth-order valence-electron chi connectivity index (χ4n) is 1.85. The van der Waals surface area contributed by atoms with Gasteiger partial charge < -0.3 is 5.11 Å². The van der Waals surface area contributed by atoms with Gasteiger partial charge in [0.05, 0.1) is 5.52 Å². The molecule has 2 aromatic rings. The van der Waals surface area contributed by atoms with Crippen LogP contribution in [0.2, 0.25) is 0 Å². The number of benzene rings is 1. The summed E-state index contributed by atoms with van der Waals surface area (Å²) in [4.78, 5) is 14.9. The van der Waals surface area contributed by atoms with Crippen LogP contribution in [0.5, 0.6) is 0 Å². The highest BCUT2D eigenvalue weighted by atomic mass is 16.4. The van der Waals surface area contributed by atoms with Crippen LogP contribution in [0.4, 0.5) is 0 Å². The molecule has 1 aromatic heterocycles. The Balaban J connectivity index is 2.62. The van der Waals surface area contributed by atoms with Crippen LogP contribution in [-0.2, 0) is 11.2 Å². The molecule has 0 unspecified atom stereocenters. The Bertz CT molecular complexity index is 588. The number of carboxylic acid groups (broad SMARTS) is 1. The van der Waals surface area contributed by atoms with Gasteiger partial charge in [-0.25, -0.2) is 4.79 Å². The fraction of sp³-hybridized carbons (Fsp3) is 0.143. The maximum atomic E-state index is 10.5. The third-order valence-corrected chi connectivity index (χ3v) is 2.67. The predicted octanol–water partition coefficient (Wildman–Crippen LogP) is 2.90. The highest BCUT2D eigenvalue weighted by Gasteiger charge is 2.03. The lowest BCUT2D eigenvalue weighted by molar-refractivity contribution is -0.131. The molecule has 0 atom stereocenters. The molecule has 1 aromatic carbocycles. The summed E-state index contributed by atoms with van der Waals surface area (Å²) in [5.41, 5.74) is 3.00. The van der Waals surface area contributed by atoms with Gasteiger partial charge in [-0.3, -0.25) is 4.98 Å². The van der Waals surface area contributed by atoms with Crippen LogP contribution in [0.3, 0.4) is 0 Å². The van der Waals surface area contributed by atoms with Gasteiger partial charge in [-0.15, -0.1) is 0 Å². The lowest BCUT2D eigenvalue weighted by atomic mass is 10.0. The molecule has 1 N–H and O–H groups in total. The smallest absolute Gasteiger partial charge is 0.328 e. The first-order chi connectivity index (χ1) is 8.22. The number of para-hydroxylation sites is 1. The van der Waals surface area contributed by atoms with Crippen molar-refractivity contribution in [2.24, 2.45) is 0 Å². The second kappa shape index (κ2) is 4.78.